The number of hydrogen-bond donors (Lipinski definition) is 2. The minimum absolute atomic E-state index is 0.0497. The summed E-state index contributed by atoms with van der Waals surface area (Å²) in [5, 5.41) is 4.10. The quantitative estimate of drug-likeness (QED) is 0.801. The summed E-state index contributed by atoms with van der Waals surface area (Å²) < 4.78 is 5.06. The van der Waals surface area contributed by atoms with Crippen LogP contribution in [0, 0.1) is 12.8 Å². The molecule has 0 saturated carbocycles. The van der Waals surface area contributed by atoms with E-state index in [-0.39, 0.29) is 12.2 Å². The first-order valence-corrected chi connectivity index (χ1v) is 8.02. The van der Waals surface area contributed by atoms with Gasteiger partial charge >= 0.3 is 5.97 Å². The number of fused-ring (bicyclic) bond motifs is 1. The lowest BCUT2D eigenvalue weighted by Gasteiger charge is -2.15. The maximum Gasteiger partial charge on any atom is 0.345 e. The lowest BCUT2D eigenvalue weighted by atomic mass is 10.0. The van der Waals surface area contributed by atoms with E-state index < -0.39 is 11.5 Å². The van der Waals surface area contributed by atoms with Gasteiger partial charge in [0, 0.05) is 11.9 Å². The fraction of sp³-hybridized carbons (Fsp3) is 0.444. The van der Waals surface area contributed by atoms with Crippen LogP contribution in [0.5, 0.6) is 0 Å². The van der Waals surface area contributed by atoms with Crippen LogP contribution in [0.1, 0.15) is 43.1 Å². The minimum Gasteiger partial charge on any atom is -0.462 e. The Labute approximate surface area is 136 Å². The van der Waals surface area contributed by atoms with Gasteiger partial charge in [-0.2, -0.15) is 0 Å². The number of rotatable bonds is 6. The molecule has 5 nitrogen and oxygen atoms in total. The molecule has 0 aliphatic heterocycles. The molecule has 0 radical (unpaired) electrons. The lowest BCUT2D eigenvalue weighted by molar-refractivity contribution is 0.0525. The van der Waals surface area contributed by atoms with E-state index in [0.717, 1.165) is 22.9 Å². The van der Waals surface area contributed by atoms with Crippen molar-refractivity contribution in [2.24, 2.45) is 5.92 Å². The van der Waals surface area contributed by atoms with E-state index in [1.807, 2.05) is 25.1 Å². The van der Waals surface area contributed by atoms with Crippen LogP contribution in [0.3, 0.4) is 0 Å². The second kappa shape index (κ2) is 7.31. The van der Waals surface area contributed by atoms with Crippen molar-refractivity contribution >= 4 is 22.6 Å². The molecule has 124 valence electrons. The highest BCUT2D eigenvalue weighted by molar-refractivity contribution is 6.05. The van der Waals surface area contributed by atoms with Crippen molar-refractivity contribution in [1.82, 2.24) is 4.98 Å². The molecule has 0 unspecified atom stereocenters. The van der Waals surface area contributed by atoms with Crippen molar-refractivity contribution in [3.05, 3.63) is 39.7 Å². The molecule has 0 spiro atoms. The van der Waals surface area contributed by atoms with E-state index in [4.69, 9.17) is 4.74 Å². The third-order valence-corrected chi connectivity index (χ3v) is 3.76. The highest BCUT2D eigenvalue weighted by Crippen LogP contribution is 2.26. The summed E-state index contributed by atoms with van der Waals surface area (Å²) in [5.41, 5.74) is 1.90. The summed E-state index contributed by atoms with van der Waals surface area (Å²) in [5.74, 6) is -0.0623. The summed E-state index contributed by atoms with van der Waals surface area (Å²) in [6.07, 6.45) is 0.947. The Balaban J connectivity index is 2.60. The number of ether oxygens (including phenoxy) is 1. The number of aryl methyl sites for hydroxylation is 1. The smallest absolute Gasteiger partial charge is 0.345 e. The van der Waals surface area contributed by atoms with Crippen LogP contribution in [-0.4, -0.2) is 24.1 Å². The first kappa shape index (κ1) is 17.1. The van der Waals surface area contributed by atoms with Gasteiger partial charge in [0.05, 0.1) is 17.8 Å². The Bertz CT molecular complexity index is 763. The molecule has 0 amide bonds. The first-order chi connectivity index (χ1) is 11.0. The van der Waals surface area contributed by atoms with Crippen molar-refractivity contribution in [2.75, 3.05) is 18.5 Å². The normalized spacial score (nSPS) is 11.0. The number of aromatic nitrogens is 1. The van der Waals surface area contributed by atoms with Gasteiger partial charge in [-0.3, -0.25) is 4.79 Å². The minimum atomic E-state index is -0.593. The van der Waals surface area contributed by atoms with Gasteiger partial charge in [0.2, 0.25) is 0 Å². The molecule has 1 heterocycles. The Kier molecular flexibility index (Phi) is 5.42. The Morgan fingerprint density at radius 2 is 2.09 bits per heavy atom. The number of esters is 1. The SMILES string of the molecule is CCOC(=O)c1c(NCCC(C)C)c2cccc(C)c2[nH]c1=O. The Morgan fingerprint density at radius 1 is 1.35 bits per heavy atom. The van der Waals surface area contributed by atoms with Gasteiger partial charge in [0.1, 0.15) is 5.56 Å². The molecule has 0 saturated heterocycles. The monoisotopic (exact) mass is 316 g/mol. The van der Waals surface area contributed by atoms with Crippen molar-refractivity contribution in [1.29, 1.82) is 0 Å². The van der Waals surface area contributed by atoms with Gasteiger partial charge in [-0.15, -0.1) is 0 Å². The second-order valence-corrected chi connectivity index (χ2v) is 6.03. The van der Waals surface area contributed by atoms with Crippen LogP contribution in [0.15, 0.2) is 23.0 Å². The number of anilines is 1. The van der Waals surface area contributed by atoms with Crippen LogP contribution in [0.25, 0.3) is 10.9 Å². The predicted octanol–water partition coefficient (Wildman–Crippen LogP) is 3.47. The molecule has 2 aromatic rings. The zero-order valence-corrected chi connectivity index (χ0v) is 14.2. The first-order valence-electron chi connectivity index (χ1n) is 8.02. The van der Waals surface area contributed by atoms with Crippen LogP contribution in [0.4, 0.5) is 5.69 Å². The van der Waals surface area contributed by atoms with E-state index in [0.29, 0.717) is 18.2 Å². The zero-order chi connectivity index (χ0) is 17.0. The summed E-state index contributed by atoms with van der Waals surface area (Å²) in [7, 11) is 0. The molecular weight excluding hydrogens is 292 g/mol. The standard InChI is InChI=1S/C18H24N2O3/c1-5-23-18(22)14-16(19-10-9-11(2)3)13-8-6-7-12(4)15(13)20-17(14)21/h6-8,11H,5,9-10H2,1-4H3,(H2,19,20,21). The molecule has 0 aliphatic carbocycles. The summed E-state index contributed by atoms with van der Waals surface area (Å²) in [6, 6.07) is 5.75. The van der Waals surface area contributed by atoms with Crippen molar-refractivity contribution in [3.8, 4) is 0 Å². The molecule has 0 aliphatic rings. The molecule has 1 aromatic carbocycles. The number of aromatic amines is 1. The van der Waals surface area contributed by atoms with E-state index in [2.05, 4.69) is 24.1 Å². The number of carbonyl (C=O) groups is 1. The second-order valence-electron chi connectivity index (χ2n) is 6.03. The van der Waals surface area contributed by atoms with Crippen molar-refractivity contribution in [3.63, 3.8) is 0 Å². The largest absolute Gasteiger partial charge is 0.462 e. The van der Waals surface area contributed by atoms with Gasteiger partial charge in [-0.1, -0.05) is 32.0 Å². The molecule has 1 aromatic heterocycles. The molecule has 23 heavy (non-hydrogen) atoms. The predicted molar refractivity (Wildman–Crippen MR) is 93.2 cm³/mol. The number of H-pyrrole nitrogens is 1. The van der Waals surface area contributed by atoms with Gasteiger partial charge in [-0.05, 0) is 31.7 Å². The summed E-state index contributed by atoms with van der Waals surface area (Å²) in [6.45, 7) is 8.84. The summed E-state index contributed by atoms with van der Waals surface area (Å²) >= 11 is 0. The van der Waals surface area contributed by atoms with E-state index in [1.165, 1.54) is 0 Å². The highest BCUT2D eigenvalue weighted by atomic mass is 16.5. The van der Waals surface area contributed by atoms with Crippen molar-refractivity contribution < 1.29 is 9.53 Å². The van der Waals surface area contributed by atoms with Gasteiger partial charge in [0.15, 0.2) is 0 Å². The molecular formula is C18H24N2O3. The van der Waals surface area contributed by atoms with Gasteiger partial charge in [0.25, 0.3) is 5.56 Å². The molecule has 5 heteroatoms. The van der Waals surface area contributed by atoms with Crippen molar-refractivity contribution in [2.45, 2.75) is 34.1 Å². The van der Waals surface area contributed by atoms with E-state index in [9.17, 15) is 9.59 Å². The maximum absolute atomic E-state index is 12.4. The van der Waals surface area contributed by atoms with E-state index in [1.54, 1.807) is 6.92 Å². The van der Waals surface area contributed by atoms with Crippen LogP contribution < -0.4 is 10.9 Å². The number of carbonyl (C=O) groups excluding carboxylic acids is 1. The molecule has 0 atom stereocenters. The molecule has 0 fully saturated rings. The topological polar surface area (TPSA) is 71.2 Å². The third kappa shape index (κ3) is 3.73. The number of hydrogen-bond acceptors (Lipinski definition) is 4. The highest BCUT2D eigenvalue weighted by Gasteiger charge is 2.21. The average Bonchev–Trinajstić information content (AvgIpc) is 2.48. The fourth-order valence-corrected chi connectivity index (χ4v) is 2.53. The average molecular weight is 316 g/mol. The molecule has 0 bridgehead atoms. The maximum atomic E-state index is 12.4. The number of benzene rings is 1. The van der Waals surface area contributed by atoms with Crippen LogP contribution in [-0.2, 0) is 4.74 Å². The summed E-state index contributed by atoms with van der Waals surface area (Å²) in [4.78, 5) is 27.5. The third-order valence-electron chi connectivity index (χ3n) is 3.76. The Hall–Kier alpha value is -2.30. The van der Waals surface area contributed by atoms with Crippen LogP contribution in [0.2, 0.25) is 0 Å². The van der Waals surface area contributed by atoms with Gasteiger partial charge in [-0.25, -0.2) is 4.79 Å². The molecule has 2 N–H and O–H groups in total. The Morgan fingerprint density at radius 3 is 2.74 bits per heavy atom. The molecule has 2 rings (SSSR count). The number of nitrogens with one attached hydrogen (secondary N) is 2. The fourth-order valence-electron chi connectivity index (χ4n) is 2.53. The number of para-hydroxylation sites is 1. The van der Waals surface area contributed by atoms with Crippen LogP contribution >= 0.6 is 0 Å². The zero-order valence-electron chi connectivity index (χ0n) is 14.2. The van der Waals surface area contributed by atoms with E-state index >= 15 is 0 Å². The lowest BCUT2D eigenvalue weighted by Crippen LogP contribution is -2.23. The van der Waals surface area contributed by atoms with Gasteiger partial charge < -0.3 is 15.0 Å². The number of pyridine rings is 1.